The summed E-state index contributed by atoms with van der Waals surface area (Å²) in [6, 6.07) is 13.1. The highest BCUT2D eigenvalue weighted by molar-refractivity contribution is 6.02. The van der Waals surface area contributed by atoms with E-state index in [1.54, 1.807) is 13.2 Å². The number of nitrogens with zero attached hydrogens (tertiary/aromatic N) is 1. The number of hydrazone groups is 1. The van der Waals surface area contributed by atoms with Crippen LogP contribution < -0.4 is 10.2 Å². The molecule has 2 rings (SSSR count). The molecule has 0 aliphatic heterocycles. The minimum Gasteiger partial charge on any atom is -0.497 e. The molecule has 5 heteroatoms. The van der Waals surface area contributed by atoms with Gasteiger partial charge in [-0.25, -0.2) is 9.82 Å². The molecule has 0 atom stereocenters. The summed E-state index contributed by atoms with van der Waals surface area (Å²) in [5.74, 6) is -0.398. The number of hydrogen-bond acceptors (Lipinski definition) is 3. The summed E-state index contributed by atoms with van der Waals surface area (Å²) < 4.78 is 18.6. The van der Waals surface area contributed by atoms with Crippen molar-refractivity contribution in [1.29, 1.82) is 0 Å². The van der Waals surface area contributed by atoms with Crippen LogP contribution in [-0.4, -0.2) is 18.7 Å². The molecule has 0 saturated heterocycles. The average molecular weight is 300 g/mol. The Hall–Kier alpha value is -2.69. The molecule has 0 spiro atoms. The molecule has 1 N–H and O–H groups in total. The van der Waals surface area contributed by atoms with Crippen LogP contribution in [0.1, 0.15) is 29.3 Å². The second kappa shape index (κ2) is 7.36. The van der Waals surface area contributed by atoms with Crippen LogP contribution in [0.5, 0.6) is 5.75 Å². The van der Waals surface area contributed by atoms with Gasteiger partial charge in [-0.1, -0.05) is 19.1 Å². The molecule has 114 valence electrons. The Morgan fingerprint density at radius 1 is 1.18 bits per heavy atom. The van der Waals surface area contributed by atoms with E-state index in [-0.39, 0.29) is 5.56 Å². The number of nitrogens with one attached hydrogen (secondary N) is 1. The van der Waals surface area contributed by atoms with E-state index in [0.29, 0.717) is 12.1 Å². The van der Waals surface area contributed by atoms with Crippen LogP contribution in [0.15, 0.2) is 53.6 Å². The molecule has 1 amide bonds. The number of methoxy groups -OCH3 is 1. The Bertz CT molecular complexity index is 681. The molecular weight excluding hydrogens is 283 g/mol. The molecule has 0 aliphatic rings. The van der Waals surface area contributed by atoms with Crippen LogP contribution in [0.2, 0.25) is 0 Å². The average Bonchev–Trinajstić information content (AvgIpc) is 2.56. The third-order valence-corrected chi connectivity index (χ3v) is 3.17. The van der Waals surface area contributed by atoms with Crippen molar-refractivity contribution in [2.24, 2.45) is 5.10 Å². The largest absolute Gasteiger partial charge is 0.497 e. The van der Waals surface area contributed by atoms with Crippen molar-refractivity contribution in [3.8, 4) is 5.75 Å². The van der Waals surface area contributed by atoms with Gasteiger partial charge in [0.2, 0.25) is 0 Å². The lowest BCUT2D eigenvalue weighted by Crippen LogP contribution is -2.21. The predicted octanol–water partition coefficient (Wildman–Crippen LogP) is 3.38. The van der Waals surface area contributed by atoms with Crippen molar-refractivity contribution in [1.82, 2.24) is 5.43 Å². The monoisotopic (exact) mass is 300 g/mol. The highest BCUT2D eigenvalue weighted by Gasteiger charge is 2.10. The molecule has 0 aromatic heterocycles. The van der Waals surface area contributed by atoms with Gasteiger partial charge in [-0.3, -0.25) is 4.79 Å². The van der Waals surface area contributed by atoms with Gasteiger partial charge >= 0.3 is 0 Å². The quantitative estimate of drug-likeness (QED) is 0.680. The Labute approximate surface area is 128 Å². The van der Waals surface area contributed by atoms with E-state index >= 15 is 0 Å². The Balaban J connectivity index is 2.15. The summed E-state index contributed by atoms with van der Waals surface area (Å²) >= 11 is 0. The summed E-state index contributed by atoms with van der Waals surface area (Å²) in [6.07, 6.45) is 0.629. The maximum absolute atomic E-state index is 13.5. The number of halogens is 1. The van der Waals surface area contributed by atoms with Gasteiger partial charge < -0.3 is 4.74 Å². The van der Waals surface area contributed by atoms with E-state index in [1.807, 2.05) is 31.2 Å². The zero-order valence-corrected chi connectivity index (χ0v) is 12.5. The zero-order valence-electron chi connectivity index (χ0n) is 12.5. The van der Waals surface area contributed by atoms with E-state index < -0.39 is 11.7 Å². The fourth-order valence-electron chi connectivity index (χ4n) is 1.95. The molecule has 0 fully saturated rings. The zero-order chi connectivity index (χ0) is 15.9. The second-order valence-electron chi connectivity index (χ2n) is 4.56. The highest BCUT2D eigenvalue weighted by Crippen LogP contribution is 2.13. The Kier molecular flexibility index (Phi) is 5.25. The number of carbonyl (C=O) groups is 1. The molecule has 2 aromatic carbocycles. The van der Waals surface area contributed by atoms with Crippen LogP contribution >= 0.6 is 0 Å². The minimum absolute atomic E-state index is 0.0311. The lowest BCUT2D eigenvalue weighted by Gasteiger charge is -2.07. The number of amides is 1. The minimum atomic E-state index is -0.572. The molecule has 0 heterocycles. The predicted molar refractivity (Wildman–Crippen MR) is 83.7 cm³/mol. The third-order valence-electron chi connectivity index (χ3n) is 3.17. The summed E-state index contributed by atoms with van der Waals surface area (Å²) in [4.78, 5) is 11.9. The van der Waals surface area contributed by atoms with Crippen LogP contribution in [0.4, 0.5) is 4.39 Å². The second-order valence-corrected chi connectivity index (χ2v) is 4.56. The molecular formula is C17H17FN2O2. The topological polar surface area (TPSA) is 50.7 Å². The maximum atomic E-state index is 13.5. The molecule has 4 nitrogen and oxygen atoms in total. The summed E-state index contributed by atoms with van der Waals surface area (Å²) in [5.41, 5.74) is 3.94. The SMILES string of the molecule is CC/C(=N\NC(=O)c1ccccc1F)c1ccc(OC)cc1. The fourth-order valence-corrected chi connectivity index (χ4v) is 1.95. The van der Waals surface area contributed by atoms with E-state index in [2.05, 4.69) is 10.5 Å². The normalized spacial score (nSPS) is 11.1. The molecule has 0 aliphatic carbocycles. The Morgan fingerprint density at radius 3 is 2.45 bits per heavy atom. The molecule has 0 bridgehead atoms. The number of rotatable bonds is 5. The number of benzene rings is 2. The first-order chi connectivity index (χ1) is 10.7. The van der Waals surface area contributed by atoms with Crippen molar-refractivity contribution in [2.45, 2.75) is 13.3 Å². The van der Waals surface area contributed by atoms with Crippen molar-refractivity contribution in [3.63, 3.8) is 0 Å². The summed E-state index contributed by atoms with van der Waals surface area (Å²) in [7, 11) is 1.60. The lowest BCUT2D eigenvalue weighted by molar-refractivity contribution is 0.0951. The first kappa shape index (κ1) is 15.7. The van der Waals surface area contributed by atoms with Gasteiger partial charge in [-0.2, -0.15) is 5.10 Å². The number of ether oxygens (including phenoxy) is 1. The van der Waals surface area contributed by atoms with Crippen molar-refractivity contribution in [2.75, 3.05) is 7.11 Å². The number of carbonyl (C=O) groups excluding carboxylic acids is 1. The van der Waals surface area contributed by atoms with Crippen molar-refractivity contribution < 1.29 is 13.9 Å². The third kappa shape index (κ3) is 3.69. The van der Waals surface area contributed by atoms with Gasteiger partial charge in [0.05, 0.1) is 18.4 Å². The van der Waals surface area contributed by atoms with E-state index in [4.69, 9.17) is 4.74 Å². The highest BCUT2D eigenvalue weighted by atomic mass is 19.1. The smallest absolute Gasteiger partial charge is 0.274 e. The van der Waals surface area contributed by atoms with Gasteiger partial charge in [-0.15, -0.1) is 0 Å². The van der Waals surface area contributed by atoms with Crippen LogP contribution in [-0.2, 0) is 0 Å². The first-order valence-electron chi connectivity index (χ1n) is 6.91. The maximum Gasteiger partial charge on any atom is 0.274 e. The molecule has 0 saturated carbocycles. The standard InChI is InChI=1S/C17H17FN2O2/c1-3-16(12-8-10-13(22-2)11-9-12)19-20-17(21)14-6-4-5-7-15(14)18/h4-11H,3H2,1-2H3,(H,20,21)/b19-16+. The fraction of sp³-hybridized carbons (Fsp3) is 0.176. The van der Waals surface area contributed by atoms with Gasteiger partial charge in [-0.05, 0) is 48.4 Å². The van der Waals surface area contributed by atoms with Crippen LogP contribution in [0, 0.1) is 5.82 Å². The Morgan fingerprint density at radius 2 is 1.86 bits per heavy atom. The van der Waals surface area contributed by atoms with Gasteiger partial charge in [0.15, 0.2) is 0 Å². The number of hydrogen-bond donors (Lipinski definition) is 1. The van der Waals surface area contributed by atoms with Crippen LogP contribution in [0.25, 0.3) is 0 Å². The van der Waals surface area contributed by atoms with E-state index in [9.17, 15) is 9.18 Å². The molecule has 0 radical (unpaired) electrons. The van der Waals surface area contributed by atoms with Crippen molar-refractivity contribution in [3.05, 3.63) is 65.5 Å². The first-order valence-corrected chi connectivity index (χ1v) is 6.91. The molecule has 0 unspecified atom stereocenters. The van der Waals surface area contributed by atoms with Crippen molar-refractivity contribution >= 4 is 11.6 Å². The van der Waals surface area contributed by atoms with Gasteiger partial charge in [0.1, 0.15) is 11.6 Å². The molecule has 22 heavy (non-hydrogen) atoms. The lowest BCUT2D eigenvalue weighted by atomic mass is 10.1. The van der Waals surface area contributed by atoms with E-state index in [0.717, 1.165) is 11.3 Å². The summed E-state index contributed by atoms with van der Waals surface area (Å²) in [6.45, 7) is 1.93. The van der Waals surface area contributed by atoms with Gasteiger partial charge in [0.25, 0.3) is 5.91 Å². The van der Waals surface area contributed by atoms with Gasteiger partial charge in [0, 0.05) is 0 Å². The van der Waals surface area contributed by atoms with Crippen LogP contribution in [0.3, 0.4) is 0 Å². The summed E-state index contributed by atoms with van der Waals surface area (Å²) in [5, 5.41) is 4.09. The molecule has 2 aromatic rings. The van der Waals surface area contributed by atoms with E-state index in [1.165, 1.54) is 18.2 Å².